The predicted octanol–water partition coefficient (Wildman–Crippen LogP) is 4.21. The van der Waals surface area contributed by atoms with Crippen molar-refractivity contribution in [3.8, 4) is 10.6 Å². The second kappa shape index (κ2) is 5.63. The van der Waals surface area contributed by atoms with Gasteiger partial charge in [-0.2, -0.15) is 13.2 Å². The first kappa shape index (κ1) is 14.3. The van der Waals surface area contributed by atoms with E-state index in [2.05, 4.69) is 9.97 Å². The number of aromatic nitrogens is 2. The number of alkyl halides is 3. The maximum absolute atomic E-state index is 13.1. The molecule has 0 atom stereocenters. The fraction of sp³-hybridized carbons (Fsp3) is 0.429. The van der Waals surface area contributed by atoms with Crippen LogP contribution in [0.1, 0.15) is 25.0 Å². The van der Waals surface area contributed by atoms with Crippen molar-refractivity contribution >= 4 is 17.3 Å². The Kier molecular flexibility index (Phi) is 3.84. The van der Waals surface area contributed by atoms with Gasteiger partial charge in [0.1, 0.15) is 0 Å². The van der Waals surface area contributed by atoms with Gasteiger partial charge >= 0.3 is 6.18 Å². The number of anilines is 1. The first-order valence-corrected chi connectivity index (χ1v) is 7.67. The lowest BCUT2D eigenvalue weighted by Gasteiger charge is -2.27. The van der Waals surface area contributed by atoms with E-state index in [1.807, 2.05) is 10.3 Å². The summed E-state index contributed by atoms with van der Waals surface area (Å²) in [6, 6.07) is 4.60. The van der Waals surface area contributed by atoms with Crippen LogP contribution in [0.5, 0.6) is 0 Å². The van der Waals surface area contributed by atoms with Crippen LogP contribution in [0.25, 0.3) is 10.6 Å². The number of halogens is 3. The van der Waals surface area contributed by atoms with Crippen LogP contribution < -0.4 is 4.90 Å². The zero-order chi connectivity index (χ0) is 14.9. The Bertz CT molecular complexity index is 604. The minimum atomic E-state index is -4.46. The van der Waals surface area contributed by atoms with Crippen molar-refractivity contribution in [3.63, 3.8) is 0 Å². The average Bonchev–Trinajstić information content (AvgIpc) is 3.01. The molecule has 0 unspecified atom stereocenters. The minimum Gasteiger partial charge on any atom is -0.341 e. The molecule has 0 aliphatic carbocycles. The molecule has 2 aromatic heterocycles. The Hall–Kier alpha value is -1.63. The van der Waals surface area contributed by atoms with Crippen LogP contribution in [-0.4, -0.2) is 23.1 Å². The van der Waals surface area contributed by atoms with Crippen LogP contribution >= 0.6 is 11.3 Å². The number of hydrogen-bond acceptors (Lipinski definition) is 4. The molecule has 21 heavy (non-hydrogen) atoms. The molecule has 0 radical (unpaired) electrons. The van der Waals surface area contributed by atoms with E-state index in [1.54, 1.807) is 12.1 Å². The van der Waals surface area contributed by atoms with Gasteiger partial charge in [-0.1, -0.05) is 6.07 Å². The SMILES string of the molecule is FC(F)(F)c1cc(-c2cccs2)nc(N2CCCCC2)n1. The summed E-state index contributed by atoms with van der Waals surface area (Å²) >= 11 is 1.37. The molecule has 0 aromatic carbocycles. The van der Waals surface area contributed by atoms with Crippen LogP contribution in [-0.2, 0) is 6.18 Å². The zero-order valence-electron chi connectivity index (χ0n) is 11.2. The Morgan fingerprint density at radius 3 is 2.48 bits per heavy atom. The molecule has 0 amide bonds. The fourth-order valence-corrected chi connectivity index (χ4v) is 3.05. The highest BCUT2D eigenvalue weighted by molar-refractivity contribution is 7.13. The van der Waals surface area contributed by atoms with Gasteiger partial charge in [0.2, 0.25) is 5.95 Å². The first-order valence-electron chi connectivity index (χ1n) is 6.79. The molecule has 0 N–H and O–H groups in total. The summed E-state index contributed by atoms with van der Waals surface area (Å²) in [4.78, 5) is 10.6. The molecular weight excluding hydrogens is 299 g/mol. The summed E-state index contributed by atoms with van der Waals surface area (Å²) in [5, 5.41) is 1.82. The predicted molar refractivity (Wildman–Crippen MR) is 76.4 cm³/mol. The van der Waals surface area contributed by atoms with E-state index in [9.17, 15) is 13.2 Å². The van der Waals surface area contributed by atoms with Gasteiger partial charge in [-0.05, 0) is 36.8 Å². The fourth-order valence-electron chi connectivity index (χ4n) is 2.37. The van der Waals surface area contributed by atoms with E-state index < -0.39 is 11.9 Å². The quantitative estimate of drug-likeness (QED) is 0.831. The molecule has 0 saturated carbocycles. The summed E-state index contributed by atoms with van der Waals surface area (Å²) in [5.74, 6) is 0.188. The van der Waals surface area contributed by atoms with E-state index in [1.165, 1.54) is 11.3 Å². The van der Waals surface area contributed by atoms with Crippen molar-refractivity contribution in [2.24, 2.45) is 0 Å². The second-order valence-corrected chi connectivity index (χ2v) is 5.91. The van der Waals surface area contributed by atoms with Gasteiger partial charge in [-0.25, -0.2) is 9.97 Å². The van der Waals surface area contributed by atoms with Crippen molar-refractivity contribution in [1.82, 2.24) is 9.97 Å². The molecule has 1 saturated heterocycles. The van der Waals surface area contributed by atoms with Crippen LogP contribution in [0.15, 0.2) is 23.6 Å². The van der Waals surface area contributed by atoms with E-state index >= 15 is 0 Å². The molecule has 112 valence electrons. The molecule has 1 aliphatic rings. The van der Waals surface area contributed by atoms with E-state index in [-0.39, 0.29) is 5.95 Å². The lowest BCUT2D eigenvalue weighted by molar-refractivity contribution is -0.141. The summed E-state index contributed by atoms with van der Waals surface area (Å²) in [7, 11) is 0. The molecule has 0 spiro atoms. The van der Waals surface area contributed by atoms with Crippen LogP contribution in [0.4, 0.5) is 19.1 Å². The monoisotopic (exact) mass is 313 g/mol. The number of hydrogen-bond donors (Lipinski definition) is 0. The highest BCUT2D eigenvalue weighted by Gasteiger charge is 2.34. The Labute approximate surface area is 124 Å². The smallest absolute Gasteiger partial charge is 0.341 e. The third-order valence-electron chi connectivity index (χ3n) is 3.42. The molecule has 3 heterocycles. The van der Waals surface area contributed by atoms with Gasteiger partial charge in [-0.15, -0.1) is 11.3 Å². The summed E-state index contributed by atoms with van der Waals surface area (Å²) in [6.45, 7) is 1.43. The second-order valence-electron chi connectivity index (χ2n) is 4.96. The first-order chi connectivity index (χ1) is 10.0. The normalized spacial score (nSPS) is 16.2. The highest BCUT2D eigenvalue weighted by Crippen LogP contribution is 2.33. The van der Waals surface area contributed by atoms with Gasteiger partial charge in [0.15, 0.2) is 5.69 Å². The summed E-state index contributed by atoms with van der Waals surface area (Å²) in [5.41, 5.74) is -0.533. The average molecular weight is 313 g/mol. The van der Waals surface area contributed by atoms with Crippen molar-refractivity contribution < 1.29 is 13.2 Å². The van der Waals surface area contributed by atoms with Gasteiger partial charge in [0.05, 0.1) is 10.6 Å². The molecular formula is C14H14F3N3S. The van der Waals surface area contributed by atoms with E-state index in [4.69, 9.17) is 0 Å². The van der Waals surface area contributed by atoms with Crippen LogP contribution in [0.3, 0.4) is 0 Å². The number of piperidine rings is 1. The third kappa shape index (κ3) is 3.18. The molecule has 0 bridgehead atoms. The van der Waals surface area contributed by atoms with E-state index in [0.29, 0.717) is 18.8 Å². The van der Waals surface area contributed by atoms with Crippen molar-refractivity contribution in [1.29, 1.82) is 0 Å². The maximum atomic E-state index is 13.1. The number of thiophene rings is 1. The summed E-state index contributed by atoms with van der Waals surface area (Å²) in [6.07, 6.45) is -1.42. The Balaban J connectivity index is 2.04. The topological polar surface area (TPSA) is 29.0 Å². The molecule has 7 heteroatoms. The van der Waals surface area contributed by atoms with E-state index in [0.717, 1.165) is 30.2 Å². The Morgan fingerprint density at radius 2 is 1.86 bits per heavy atom. The molecule has 2 aromatic rings. The lowest BCUT2D eigenvalue weighted by atomic mass is 10.1. The molecule has 1 aliphatic heterocycles. The number of rotatable bonds is 2. The van der Waals surface area contributed by atoms with Crippen molar-refractivity contribution in [3.05, 3.63) is 29.3 Å². The van der Waals surface area contributed by atoms with Gasteiger partial charge in [-0.3, -0.25) is 0 Å². The van der Waals surface area contributed by atoms with Gasteiger partial charge in [0, 0.05) is 13.1 Å². The molecule has 3 rings (SSSR count). The van der Waals surface area contributed by atoms with Gasteiger partial charge < -0.3 is 4.90 Å². The maximum Gasteiger partial charge on any atom is 0.433 e. The standard InChI is InChI=1S/C14H14F3N3S/c15-14(16,17)12-9-10(11-5-4-8-21-11)18-13(19-12)20-6-2-1-3-7-20/h4-5,8-9H,1-3,6-7H2. The van der Waals surface area contributed by atoms with Crippen molar-refractivity contribution in [2.75, 3.05) is 18.0 Å². The molecule has 3 nitrogen and oxygen atoms in total. The molecule has 1 fully saturated rings. The Morgan fingerprint density at radius 1 is 1.10 bits per heavy atom. The van der Waals surface area contributed by atoms with Gasteiger partial charge in [0.25, 0.3) is 0 Å². The third-order valence-corrected chi connectivity index (χ3v) is 4.31. The van der Waals surface area contributed by atoms with Crippen LogP contribution in [0.2, 0.25) is 0 Å². The van der Waals surface area contributed by atoms with Crippen molar-refractivity contribution in [2.45, 2.75) is 25.4 Å². The minimum absolute atomic E-state index is 0.188. The zero-order valence-corrected chi connectivity index (χ0v) is 12.0. The van der Waals surface area contributed by atoms with Crippen LogP contribution in [0, 0.1) is 0 Å². The largest absolute Gasteiger partial charge is 0.433 e. The summed E-state index contributed by atoms with van der Waals surface area (Å²) < 4.78 is 39.2. The lowest BCUT2D eigenvalue weighted by Crippen LogP contribution is -2.31. The number of nitrogens with zero attached hydrogens (tertiary/aromatic N) is 3. The highest BCUT2D eigenvalue weighted by atomic mass is 32.1.